The topological polar surface area (TPSA) is 248 Å². The summed E-state index contributed by atoms with van der Waals surface area (Å²) < 4.78 is 112. The minimum Gasteiger partial charge on any atom is -0.508 e. The summed E-state index contributed by atoms with van der Waals surface area (Å²) in [7, 11) is 0. The van der Waals surface area contributed by atoms with Crippen molar-refractivity contribution in [1.29, 1.82) is 0 Å². The number of amides is 3. The number of aryl methyl sites for hydroxylation is 1. The van der Waals surface area contributed by atoms with Gasteiger partial charge >= 0.3 is 18.1 Å². The number of piperidine rings is 1. The van der Waals surface area contributed by atoms with Crippen LogP contribution >= 0.6 is 0 Å². The second-order valence-electron chi connectivity index (χ2n) is 32.6. The number of esters is 1. The lowest BCUT2D eigenvalue weighted by molar-refractivity contribution is -0.266. The van der Waals surface area contributed by atoms with Gasteiger partial charge in [-0.2, -0.15) is 27.1 Å². The number of carbonyl (C=O) groups excluding carboxylic acids is 5. The molecule has 1 unspecified atom stereocenters. The molecule has 0 radical (unpaired) electrons. The maximum atomic E-state index is 14.0. The molecule has 0 spiro atoms. The third-order valence-electron chi connectivity index (χ3n) is 22.6. The number of halogens is 5. The molecule has 116 heavy (non-hydrogen) atoms. The predicted octanol–water partition coefficient (Wildman–Crippen LogP) is 17.0. The minimum absolute atomic E-state index is 0.0313. The summed E-state index contributed by atoms with van der Waals surface area (Å²) in [6.45, 7) is 15.9. The standard InChI is InChI=1S/C35H42N2O7.C34H35F2N3O5.C22H24F3NO2/c1-22-19-28(21-42-22)34(39)37-17-3-5-30(20-37)44-35(40)27-13-15-29(16-14-27)43-32(23(2)36-33(38)31-6-4-18-41-31)26-11-9-25(10-12-26)24-7-8-24;1-21(16-31(40)34(2,35)36)32(22-10-13-29-30(19-22)43-15-14-42-29)44-27-11-12-28-24(18-27)20-37-39(28)26-9-5-6-23(17-26)33(41)38-25-7-3-4-8-25;1-14-4-5-19(27)18(8-14)20(2,3)13-21(28,22(23,24)25)11-15-9-16-6-7-26-12-17(16)10-15/h9-16,23-24,28,30-32H,1,3-8,17-21H2,2H3,(H,36,38);5-6,9-13,17-21,25,32H,3-4,7-8,14-16H2,1-2H3,(H,38,41);4-9,12,27-28H,10-11,13H2,1-3H3/t23-,28+,30-,31+,32-;21-,32?;21-/m010/s1. The molecule has 8 aromatic rings. The summed E-state index contributed by atoms with van der Waals surface area (Å²) in [5.41, 5.74) is 4.94. The molecule has 6 heterocycles. The lowest BCUT2D eigenvalue weighted by Gasteiger charge is -2.38. The van der Waals surface area contributed by atoms with Gasteiger partial charge in [-0.25, -0.2) is 9.48 Å². The molecule has 3 saturated heterocycles. The zero-order valence-corrected chi connectivity index (χ0v) is 66.2. The number of aliphatic hydroxyl groups is 1. The Bertz CT molecular complexity index is 4890. The number of hydrogen-bond donors (Lipinski definition) is 4. The molecule has 2 aromatic heterocycles. The van der Waals surface area contributed by atoms with Crippen molar-refractivity contribution in [3.8, 4) is 34.4 Å². The van der Waals surface area contributed by atoms with Crippen LogP contribution in [-0.2, 0) is 40.4 Å². The average Bonchev–Trinajstić information content (AvgIpc) is 1.16. The third-order valence-corrected chi connectivity index (χ3v) is 22.6. The summed E-state index contributed by atoms with van der Waals surface area (Å²) in [5, 5.41) is 32.5. The van der Waals surface area contributed by atoms with E-state index in [1.54, 1.807) is 128 Å². The van der Waals surface area contributed by atoms with Crippen LogP contribution < -0.4 is 29.6 Å². The Morgan fingerprint density at radius 1 is 0.733 bits per heavy atom. The fourth-order valence-electron chi connectivity index (χ4n) is 16.2. The number of likely N-dealkylation sites (tertiary alicyclic amines) is 1. The van der Waals surface area contributed by atoms with E-state index in [1.807, 2.05) is 44.2 Å². The molecule has 25 heteroatoms. The normalized spacial score (nSPS) is 19.6. The Kier molecular flexibility index (Phi) is 25.7. The fraction of sp³-hybridized carbons (Fsp3) is 0.440. The first-order chi connectivity index (χ1) is 55.4. The van der Waals surface area contributed by atoms with Crippen LogP contribution in [0.5, 0.6) is 28.7 Å². The van der Waals surface area contributed by atoms with E-state index in [1.165, 1.54) is 24.5 Å². The number of benzene rings is 6. The average molecular weight is 1600 g/mol. The van der Waals surface area contributed by atoms with Crippen LogP contribution in [0.25, 0.3) is 22.7 Å². The lowest BCUT2D eigenvalue weighted by Crippen LogP contribution is -2.49. The molecular formula is C91H101F5N6O14. The predicted molar refractivity (Wildman–Crippen MR) is 426 cm³/mol. The van der Waals surface area contributed by atoms with Crippen molar-refractivity contribution in [2.75, 3.05) is 39.5 Å². The summed E-state index contributed by atoms with van der Waals surface area (Å²) in [5.74, 6) is -2.57. The second kappa shape index (κ2) is 35.8. The van der Waals surface area contributed by atoms with Gasteiger partial charge < -0.3 is 58.9 Å². The molecule has 5 fully saturated rings. The third kappa shape index (κ3) is 20.6. The first-order valence-electron chi connectivity index (χ1n) is 40.1. The Hall–Kier alpha value is -10.7. The number of allylic oxidation sites excluding steroid dienone is 1. The van der Waals surface area contributed by atoms with Gasteiger partial charge in [0, 0.05) is 74.6 Å². The zero-order chi connectivity index (χ0) is 82.2. The number of fused-ring (bicyclic) bond motifs is 3. The van der Waals surface area contributed by atoms with Gasteiger partial charge in [0.15, 0.2) is 17.1 Å². The van der Waals surface area contributed by atoms with E-state index < -0.39 is 71.9 Å². The van der Waals surface area contributed by atoms with Crippen LogP contribution in [0.4, 0.5) is 22.0 Å². The van der Waals surface area contributed by atoms with Gasteiger partial charge in [0.25, 0.3) is 5.91 Å². The highest BCUT2D eigenvalue weighted by Gasteiger charge is 2.56. The first-order valence-corrected chi connectivity index (χ1v) is 40.1. The van der Waals surface area contributed by atoms with E-state index in [0.29, 0.717) is 128 Å². The molecule has 3 aliphatic carbocycles. The van der Waals surface area contributed by atoms with Crippen LogP contribution in [0.1, 0.15) is 202 Å². The number of ketones is 1. The van der Waals surface area contributed by atoms with E-state index in [-0.39, 0.29) is 54.0 Å². The number of carbonyl (C=O) groups is 5. The number of hydrogen-bond acceptors (Lipinski definition) is 16. The van der Waals surface area contributed by atoms with Crippen LogP contribution in [0.15, 0.2) is 170 Å². The van der Waals surface area contributed by atoms with Crippen molar-refractivity contribution in [3.63, 3.8) is 0 Å². The largest absolute Gasteiger partial charge is 0.508 e. The van der Waals surface area contributed by atoms with Crippen LogP contribution in [-0.4, -0.2) is 141 Å². The number of Topliss-reactive ketones (excluding diaryl/α,β-unsaturated/α-hetero) is 1. The van der Waals surface area contributed by atoms with E-state index >= 15 is 0 Å². The minimum atomic E-state index is -4.81. The number of nitrogens with one attached hydrogen (secondary N) is 2. The number of aromatic nitrogens is 3. The zero-order valence-electron chi connectivity index (χ0n) is 66.2. The number of nitrogens with zero attached hydrogens (tertiary/aromatic N) is 4. The lowest BCUT2D eigenvalue weighted by atomic mass is 9.72. The Morgan fingerprint density at radius 3 is 2.16 bits per heavy atom. The Morgan fingerprint density at radius 2 is 1.47 bits per heavy atom. The van der Waals surface area contributed by atoms with Crippen LogP contribution in [0.2, 0.25) is 0 Å². The maximum absolute atomic E-state index is 14.0. The van der Waals surface area contributed by atoms with Gasteiger partial charge in [0.05, 0.1) is 53.8 Å². The molecule has 614 valence electrons. The van der Waals surface area contributed by atoms with E-state index in [9.17, 15) is 56.1 Å². The molecule has 4 N–H and O–H groups in total. The van der Waals surface area contributed by atoms with Gasteiger partial charge in [-0.3, -0.25) is 24.2 Å². The highest BCUT2D eigenvalue weighted by Crippen LogP contribution is 2.48. The van der Waals surface area contributed by atoms with Crippen molar-refractivity contribution in [1.82, 2.24) is 30.3 Å². The molecule has 4 aliphatic heterocycles. The molecule has 2 saturated carbocycles. The van der Waals surface area contributed by atoms with Gasteiger partial charge in [-0.05, 0) is 208 Å². The molecule has 20 nitrogen and oxygen atoms in total. The summed E-state index contributed by atoms with van der Waals surface area (Å²) >= 11 is 0. The van der Waals surface area contributed by atoms with Gasteiger partial charge in [-0.1, -0.05) is 106 Å². The number of aromatic hydroxyl groups is 1. The fourth-order valence-corrected chi connectivity index (χ4v) is 16.2. The van der Waals surface area contributed by atoms with E-state index in [4.69, 9.17) is 33.2 Å². The highest BCUT2D eigenvalue weighted by atomic mass is 19.4. The monoisotopic (exact) mass is 1600 g/mol. The van der Waals surface area contributed by atoms with E-state index in [0.717, 1.165) is 83.8 Å². The second-order valence-corrected chi connectivity index (χ2v) is 32.6. The number of ether oxygens (including phenoxy) is 7. The van der Waals surface area contributed by atoms with Crippen molar-refractivity contribution in [3.05, 3.63) is 220 Å². The Balaban J connectivity index is 0.000000156. The molecule has 3 amide bonds. The summed E-state index contributed by atoms with van der Waals surface area (Å²) in [4.78, 5) is 69.7. The molecule has 7 aliphatic rings. The van der Waals surface area contributed by atoms with Gasteiger partial charge in [0.1, 0.15) is 54.9 Å². The summed E-state index contributed by atoms with van der Waals surface area (Å²) in [6.07, 6.45) is 9.16. The van der Waals surface area contributed by atoms with Crippen molar-refractivity contribution < 1.29 is 89.3 Å². The molecular weight excluding hydrogens is 1500 g/mol. The van der Waals surface area contributed by atoms with Crippen LogP contribution in [0.3, 0.4) is 0 Å². The first kappa shape index (κ1) is 83.3. The summed E-state index contributed by atoms with van der Waals surface area (Å²) in [6, 6.07) is 40.0. The van der Waals surface area contributed by atoms with Crippen molar-refractivity contribution >= 4 is 46.5 Å². The number of alkyl halides is 5. The Labute approximate surface area is 672 Å². The van der Waals surface area contributed by atoms with Crippen molar-refractivity contribution in [2.45, 2.75) is 203 Å². The van der Waals surface area contributed by atoms with Crippen LogP contribution in [0, 0.1) is 18.8 Å². The number of pyridine rings is 1. The molecule has 0 bridgehead atoms. The molecule has 15 rings (SSSR count). The number of phenols is 1. The van der Waals surface area contributed by atoms with Gasteiger partial charge in [0.2, 0.25) is 17.6 Å². The number of rotatable bonds is 25. The number of phenolic OH excluding ortho intramolecular Hbond substituents is 1. The SMILES string of the molecule is C=C1C[C@@H](C(=O)N2CCC[C@H](OC(=O)c3ccc(O[C@H](c4ccc(C5CC5)cc4)[C@H](C)NC(=O)[C@H]4CCCO4)cc3)C2)CO1.C[C@H](CC(=O)C(C)(F)F)C(Oc1ccc2c(cnn2-c2cccc(C(=O)NC3CCCC3)c2)c1)c1ccc2c(c1)OCCO2.Cc1ccc(O)c(C(C)(C)C[C@@](O)(CC2=Cc3ccncc3C2)C(F)(F)F)c1. The smallest absolute Gasteiger partial charge is 0.417 e. The van der Waals surface area contributed by atoms with Crippen molar-refractivity contribution in [2.24, 2.45) is 11.8 Å². The molecule has 8 atom stereocenters. The highest BCUT2D eigenvalue weighted by molar-refractivity contribution is 5.95. The van der Waals surface area contributed by atoms with Gasteiger partial charge in [-0.15, -0.1) is 0 Å². The van der Waals surface area contributed by atoms with E-state index in [2.05, 4.69) is 51.6 Å². The quantitative estimate of drug-likeness (QED) is 0.0307. The maximum Gasteiger partial charge on any atom is 0.417 e. The molecule has 6 aromatic carbocycles.